The number of rotatable bonds is 9. The van der Waals surface area contributed by atoms with Crippen LogP contribution < -0.4 is 10.1 Å². The molecule has 0 heterocycles. The number of hydrogen-bond acceptors (Lipinski definition) is 4. The molecule has 0 aliphatic heterocycles. The largest absolute Gasteiger partial charge is 0.496 e. The standard InChI is InChI=1S/C23H23FN2O3/c1-29-22-10-6-5-9-19(22)16-25-23(18-7-3-2-4-8-18)21(26(27)28)15-17-11-13-20(24)14-12-17/h2-14,21,23,25H,15-16H2,1H3/t21-,23+/m1/s1. The minimum absolute atomic E-state index is 0.186. The fraction of sp³-hybridized carbons (Fsp3) is 0.217. The molecule has 0 amide bonds. The normalized spacial score (nSPS) is 12.9. The maximum atomic E-state index is 13.2. The Morgan fingerprint density at radius 2 is 1.66 bits per heavy atom. The van der Waals surface area contributed by atoms with Crippen LogP contribution in [0.3, 0.4) is 0 Å². The molecule has 1 N–H and O–H groups in total. The highest BCUT2D eigenvalue weighted by molar-refractivity contribution is 5.33. The lowest BCUT2D eigenvalue weighted by Gasteiger charge is -2.23. The van der Waals surface area contributed by atoms with Crippen LogP contribution in [0.25, 0.3) is 0 Å². The molecule has 0 radical (unpaired) electrons. The second-order valence-corrected chi connectivity index (χ2v) is 6.76. The van der Waals surface area contributed by atoms with Crippen LogP contribution in [-0.2, 0) is 13.0 Å². The van der Waals surface area contributed by atoms with Gasteiger partial charge in [0.2, 0.25) is 6.04 Å². The molecule has 6 heteroatoms. The van der Waals surface area contributed by atoms with Crippen molar-refractivity contribution in [3.63, 3.8) is 0 Å². The van der Waals surface area contributed by atoms with Crippen molar-refractivity contribution < 1.29 is 14.1 Å². The predicted octanol–water partition coefficient (Wildman–Crippen LogP) is 4.55. The summed E-state index contributed by atoms with van der Waals surface area (Å²) in [5.41, 5.74) is 2.46. The van der Waals surface area contributed by atoms with Crippen LogP contribution >= 0.6 is 0 Å². The van der Waals surface area contributed by atoms with Gasteiger partial charge in [0, 0.05) is 23.5 Å². The van der Waals surface area contributed by atoms with Crippen molar-refractivity contribution in [1.82, 2.24) is 5.32 Å². The lowest BCUT2D eigenvalue weighted by atomic mass is 9.94. The highest BCUT2D eigenvalue weighted by Gasteiger charge is 2.33. The number of methoxy groups -OCH3 is 1. The summed E-state index contributed by atoms with van der Waals surface area (Å²) in [6, 6.07) is 21.3. The molecule has 0 bridgehead atoms. The summed E-state index contributed by atoms with van der Waals surface area (Å²) in [7, 11) is 1.60. The van der Waals surface area contributed by atoms with E-state index in [1.165, 1.54) is 12.1 Å². The molecule has 3 aromatic rings. The Morgan fingerprint density at radius 1 is 1.00 bits per heavy atom. The maximum absolute atomic E-state index is 13.2. The number of halogens is 1. The van der Waals surface area contributed by atoms with Crippen LogP contribution in [-0.4, -0.2) is 18.1 Å². The smallest absolute Gasteiger partial charge is 0.236 e. The zero-order valence-electron chi connectivity index (χ0n) is 16.1. The average Bonchev–Trinajstić information content (AvgIpc) is 2.75. The van der Waals surface area contributed by atoms with Gasteiger partial charge in [-0.05, 0) is 29.3 Å². The van der Waals surface area contributed by atoms with Gasteiger partial charge in [0.25, 0.3) is 0 Å². The van der Waals surface area contributed by atoms with Gasteiger partial charge in [-0.25, -0.2) is 4.39 Å². The van der Waals surface area contributed by atoms with E-state index in [1.54, 1.807) is 19.2 Å². The minimum Gasteiger partial charge on any atom is -0.496 e. The summed E-state index contributed by atoms with van der Waals surface area (Å²) >= 11 is 0. The Labute approximate surface area is 169 Å². The van der Waals surface area contributed by atoms with Gasteiger partial charge in [-0.15, -0.1) is 0 Å². The van der Waals surface area contributed by atoms with Crippen molar-refractivity contribution in [2.45, 2.75) is 25.0 Å². The number of nitro groups is 1. The van der Waals surface area contributed by atoms with Gasteiger partial charge < -0.3 is 4.74 Å². The van der Waals surface area contributed by atoms with Crippen molar-refractivity contribution in [3.05, 3.63) is 111 Å². The molecule has 0 unspecified atom stereocenters. The van der Waals surface area contributed by atoms with E-state index in [0.717, 1.165) is 16.9 Å². The zero-order valence-corrected chi connectivity index (χ0v) is 16.1. The predicted molar refractivity (Wildman–Crippen MR) is 110 cm³/mol. The van der Waals surface area contributed by atoms with Crippen LogP contribution in [0, 0.1) is 15.9 Å². The number of nitrogens with zero attached hydrogens (tertiary/aromatic N) is 1. The maximum Gasteiger partial charge on any atom is 0.236 e. The first-order chi connectivity index (χ1) is 14.1. The Hall–Kier alpha value is -3.25. The molecule has 3 aromatic carbocycles. The monoisotopic (exact) mass is 394 g/mol. The van der Waals surface area contributed by atoms with E-state index in [1.807, 2.05) is 54.6 Å². The summed E-state index contributed by atoms with van der Waals surface area (Å²) in [5.74, 6) is 0.364. The number of benzene rings is 3. The third-order valence-electron chi connectivity index (χ3n) is 4.88. The molecule has 3 rings (SSSR count). The van der Waals surface area contributed by atoms with Gasteiger partial charge in [-0.1, -0.05) is 60.7 Å². The van der Waals surface area contributed by atoms with Crippen LogP contribution in [0.5, 0.6) is 5.75 Å². The number of nitrogens with one attached hydrogen (secondary N) is 1. The fourth-order valence-electron chi connectivity index (χ4n) is 3.38. The van der Waals surface area contributed by atoms with Gasteiger partial charge >= 0.3 is 0 Å². The van der Waals surface area contributed by atoms with E-state index in [-0.39, 0.29) is 17.2 Å². The molecular weight excluding hydrogens is 371 g/mol. The first-order valence-electron chi connectivity index (χ1n) is 9.36. The second-order valence-electron chi connectivity index (χ2n) is 6.76. The molecule has 150 valence electrons. The SMILES string of the molecule is COc1ccccc1CN[C@@H](c1ccccc1)[C@@H](Cc1ccc(F)cc1)[N+](=O)[O-]. The van der Waals surface area contributed by atoms with Gasteiger partial charge in [0.05, 0.1) is 7.11 Å². The van der Waals surface area contributed by atoms with Gasteiger partial charge in [-0.3, -0.25) is 15.4 Å². The Morgan fingerprint density at radius 3 is 2.31 bits per heavy atom. The molecule has 0 spiro atoms. The van der Waals surface area contributed by atoms with E-state index in [2.05, 4.69) is 5.32 Å². The quantitative estimate of drug-likeness (QED) is 0.427. The Balaban J connectivity index is 1.88. The molecule has 0 aliphatic carbocycles. The summed E-state index contributed by atoms with van der Waals surface area (Å²) in [6.07, 6.45) is 0.186. The molecule has 0 saturated heterocycles. The molecule has 29 heavy (non-hydrogen) atoms. The number of para-hydroxylation sites is 1. The number of ether oxygens (including phenoxy) is 1. The van der Waals surface area contributed by atoms with Gasteiger partial charge in [0.15, 0.2) is 0 Å². The fourth-order valence-corrected chi connectivity index (χ4v) is 3.38. The van der Waals surface area contributed by atoms with E-state index in [4.69, 9.17) is 4.74 Å². The van der Waals surface area contributed by atoms with Crippen LogP contribution in [0.15, 0.2) is 78.9 Å². The van der Waals surface area contributed by atoms with E-state index in [0.29, 0.717) is 12.1 Å². The first-order valence-corrected chi connectivity index (χ1v) is 9.36. The van der Waals surface area contributed by atoms with Crippen molar-refractivity contribution in [2.75, 3.05) is 7.11 Å². The Bertz CT molecular complexity index is 932. The van der Waals surface area contributed by atoms with Crippen molar-refractivity contribution in [1.29, 1.82) is 0 Å². The van der Waals surface area contributed by atoms with Crippen LogP contribution in [0.1, 0.15) is 22.7 Å². The summed E-state index contributed by atoms with van der Waals surface area (Å²) in [6.45, 7) is 0.414. The molecular formula is C23H23FN2O3. The summed E-state index contributed by atoms with van der Waals surface area (Å²) in [5, 5.41) is 15.3. The van der Waals surface area contributed by atoms with Crippen LogP contribution in [0.4, 0.5) is 4.39 Å². The lowest BCUT2D eigenvalue weighted by molar-refractivity contribution is -0.527. The zero-order chi connectivity index (χ0) is 20.6. The van der Waals surface area contributed by atoms with E-state index >= 15 is 0 Å². The molecule has 0 aliphatic rings. The molecule has 0 aromatic heterocycles. The van der Waals surface area contributed by atoms with Crippen molar-refractivity contribution in [2.24, 2.45) is 0 Å². The highest BCUT2D eigenvalue weighted by Crippen LogP contribution is 2.25. The van der Waals surface area contributed by atoms with Gasteiger partial charge in [-0.2, -0.15) is 0 Å². The van der Waals surface area contributed by atoms with E-state index in [9.17, 15) is 14.5 Å². The van der Waals surface area contributed by atoms with Gasteiger partial charge in [0.1, 0.15) is 17.6 Å². The third-order valence-corrected chi connectivity index (χ3v) is 4.88. The summed E-state index contributed by atoms with van der Waals surface area (Å²) < 4.78 is 18.6. The second kappa shape index (κ2) is 9.80. The third kappa shape index (κ3) is 5.39. The van der Waals surface area contributed by atoms with Crippen LogP contribution in [0.2, 0.25) is 0 Å². The highest BCUT2D eigenvalue weighted by atomic mass is 19.1. The molecule has 2 atom stereocenters. The average molecular weight is 394 g/mol. The Kier molecular flexibility index (Phi) is 6.92. The molecule has 0 saturated carbocycles. The number of hydrogen-bond donors (Lipinski definition) is 1. The lowest BCUT2D eigenvalue weighted by Crippen LogP contribution is -2.38. The summed E-state index contributed by atoms with van der Waals surface area (Å²) in [4.78, 5) is 11.7. The van der Waals surface area contributed by atoms with Crippen molar-refractivity contribution >= 4 is 0 Å². The minimum atomic E-state index is -0.919. The topological polar surface area (TPSA) is 64.4 Å². The molecule has 5 nitrogen and oxygen atoms in total. The first kappa shape index (κ1) is 20.5. The molecule has 0 fully saturated rings. The van der Waals surface area contributed by atoms with Crippen molar-refractivity contribution in [3.8, 4) is 5.75 Å². The van der Waals surface area contributed by atoms with E-state index < -0.39 is 12.1 Å².